The first kappa shape index (κ1) is 15.3. The molecule has 0 radical (unpaired) electrons. The van der Waals surface area contributed by atoms with Crippen molar-refractivity contribution in [1.29, 1.82) is 0 Å². The zero-order valence-electron chi connectivity index (χ0n) is 12.6. The van der Waals surface area contributed by atoms with Crippen LogP contribution in [-0.4, -0.2) is 59.5 Å². The molecule has 2 rings (SSSR count). The molecule has 114 valence electrons. The highest BCUT2D eigenvalue weighted by Crippen LogP contribution is 2.34. The maximum absolute atomic E-state index is 12.2. The summed E-state index contributed by atoms with van der Waals surface area (Å²) in [7, 11) is 0. The second-order valence-electron chi connectivity index (χ2n) is 6.69. The molecular weight excluding hydrogens is 256 g/mol. The lowest BCUT2D eigenvalue weighted by atomic mass is 9.74. The zero-order valence-corrected chi connectivity index (χ0v) is 12.6. The molecule has 0 aromatic carbocycles. The third-order valence-electron chi connectivity index (χ3n) is 4.89. The molecule has 5 nitrogen and oxygen atoms in total. The Morgan fingerprint density at radius 2 is 1.80 bits per heavy atom. The van der Waals surface area contributed by atoms with E-state index < -0.39 is 11.4 Å². The highest BCUT2D eigenvalue weighted by atomic mass is 16.4. The van der Waals surface area contributed by atoms with Gasteiger partial charge in [0.25, 0.3) is 0 Å². The summed E-state index contributed by atoms with van der Waals surface area (Å²) in [5.74, 6) is -0.411. The molecule has 1 unspecified atom stereocenters. The van der Waals surface area contributed by atoms with Crippen LogP contribution in [0.15, 0.2) is 0 Å². The van der Waals surface area contributed by atoms with Gasteiger partial charge in [-0.05, 0) is 52.0 Å². The number of likely N-dealkylation sites (tertiary alicyclic amines) is 2. The topological polar surface area (TPSA) is 60.9 Å². The summed E-state index contributed by atoms with van der Waals surface area (Å²) in [6.45, 7) is 7.45. The van der Waals surface area contributed by atoms with Crippen LogP contribution in [-0.2, 0) is 9.59 Å². The van der Waals surface area contributed by atoms with E-state index in [9.17, 15) is 14.7 Å². The average Bonchev–Trinajstić information content (AvgIpc) is 2.92. The van der Waals surface area contributed by atoms with Crippen LogP contribution in [0.25, 0.3) is 0 Å². The van der Waals surface area contributed by atoms with Crippen molar-refractivity contribution in [1.82, 2.24) is 9.80 Å². The highest BCUT2D eigenvalue weighted by molar-refractivity contribution is 5.78. The van der Waals surface area contributed by atoms with Gasteiger partial charge in [0.1, 0.15) is 0 Å². The molecule has 1 atom stereocenters. The Hall–Kier alpha value is -1.10. The lowest BCUT2D eigenvalue weighted by Gasteiger charge is -2.39. The molecule has 0 saturated carbocycles. The van der Waals surface area contributed by atoms with E-state index in [4.69, 9.17) is 0 Å². The molecule has 2 heterocycles. The second kappa shape index (κ2) is 6.12. The van der Waals surface area contributed by atoms with Crippen molar-refractivity contribution < 1.29 is 14.7 Å². The Labute approximate surface area is 120 Å². The van der Waals surface area contributed by atoms with Gasteiger partial charge >= 0.3 is 5.97 Å². The SMILES string of the molecule is CC(C)(C(=O)O)C1CCCN(CC(=O)N2CCCC2)C1. The summed E-state index contributed by atoms with van der Waals surface area (Å²) >= 11 is 0. The Kier molecular flexibility index (Phi) is 4.68. The molecule has 2 aliphatic rings. The molecule has 0 bridgehead atoms. The highest BCUT2D eigenvalue weighted by Gasteiger charge is 2.39. The summed E-state index contributed by atoms with van der Waals surface area (Å²) in [6.07, 6.45) is 4.14. The lowest BCUT2D eigenvalue weighted by molar-refractivity contribution is -0.151. The van der Waals surface area contributed by atoms with Gasteiger partial charge in [0, 0.05) is 19.6 Å². The number of hydrogen-bond acceptors (Lipinski definition) is 3. The summed E-state index contributed by atoms with van der Waals surface area (Å²) in [4.78, 5) is 27.6. The largest absolute Gasteiger partial charge is 0.481 e. The van der Waals surface area contributed by atoms with Crippen LogP contribution in [0.3, 0.4) is 0 Å². The molecule has 1 N–H and O–H groups in total. The fourth-order valence-electron chi connectivity index (χ4n) is 3.22. The fraction of sp³-hybridized carbons (Fsp3) is 0.867. The van der Waals surface area contributed by atoms with Crippen LogP contribution in [0.4, 0.5) is 0 Å². The smallest absolute Gasteiger partial charge is 0.309 e. The number of carboxylic acid groups (broad SMARTS) is 1. The van der Waals surface area contributed by atoms with Crippen molar-refractivity contribution in [2.75, 3.05) is 32.7 Å². The Morgan fingerprint density at radius 1 is 1.15 bits per heavy atom. The van der Waals surface area contributed by atoms with Crippen molar-refractivity contribution in [2.24, 2.45) is 11.3 Å². The molecule has 2 fully saturated rings. The predicted octanol–water partition coefficient (Wildman–Crippen LogP) is 1.43. The number of hydrogen-bond donors (Lipinski definition) is 1. The number of carboxylic acids is 1. The molecule has 5 heteroatoms. The predicted molar refractivity (Wildman–Crippen MR) is 76.4 cm³/mol. The van der Waals surface area contributed by atoms with Crippen LogP contribution in [0.1, 0.15) is 39.5 Å². The minimum Gasteiger partial charge on any atom is -0.481 e. The van der Waals surface area contributed by atoms with E-state index in [0.717, 1.165) is 51.9 Å². The first-order valence-corrected chi connectivity index (χ1v) is 7.65. The van der Waals surface area contributed by atoms with Crippen molar-refractivity contribution in [3.8, 4) is 0 Å². The molecule has 0 aromatic heterocycles. The normalized spacial score (nSPS) is 24.9. The van der Waals surface area contributed by atoms with Crippen LogP contribution in [0.2, 0.25) is 0 Å². The second-order valence-corrected chi connectivity index (χ2v) is 6.69. The maximum Gasteiger partial charge on any atom is 0.309 e. The number of rotatable bonds is 4. The van der Waals surface area contributed by atoms with Crippen LogP contribution in [0, 0.1) is 11.3 Å². The Morgan fingerprint density at radius 3 is 2.40 bits per heavy atom. The molecule has 20 heavy (non-hydrogen) atoms. The summed E-state index contributed by atoms with van der Waals surface area (Å²) < 4.78 is 0. The van der Waals surface area contributed by atoms with Crippen molar-refractivity contribution in [2.45, 2.75) is 39.5 Å². The monoisotopic (exact) mass is 282 g/mol. The van der Waals surface area contributed by atoms with E-state index >= 15 is 0 Å². The van der Waals surface area contributed by atoms with Gasteiger partial charge in [-0.15, -0.1) is 0 Å². The molecule has 1 amide bonds. The number of carbonyl (C=O) groups excluding carboxylic acids is 1. The van der Waals surface area contributed by atoms with Crippen molar-refractivity contribution >= 4 is 11.9 Å². The zero-order chi connectivity index (χ0) is 14.8. The average molecular weight is 282 g/mol. The molecule has 2 saturated heterocycles. The van der Waals surface area contributed by atoms with E-state index in [1.807, 2.05) is 4.90 Å². The van der Waals surface area contributed by atoms with E-state index in [1.54, 1.807) is 13.8 Å². The number of carbonyl (C=O) groups is 2. The third-order valence-corrected chi connectivity index (χ3v) is 4.89. The van der Waals surface area contributed by atoms with Crippen molar-refractivity contribution in [3.05, 3.63) is 0 Å². The molecule has 0 spiro atoms. The quantitative estimate of drug-likeness (QED) is 0.847. The van der Waals surface area contributed by atoms with Gasteiger partial charge in [0.15, 0.2) is 0 Å². The summed E-state index contributed by atoms with van der Waals surface area (Å²) in [6, 6.07) is 0. The standard InChI is InChI=1S/C15H26N2O3/c1-15(2,14(19)20)12-6-5-7-16(10-12)11-13(18)17-8-3-4-9-17/h12H,3-11H2,1-2H3,(H,19,20). The van der Waals surface area contributed by atoms with Crippen LogP contribution in [0.5, 0.6) is 0 Å². The van der Waals surface area contributed by atoms with E-state index in [2.05, 4.69) is 4.90 Å². The fourth-order valence-corrected chi connectivity index (χ4v) is 3.22. The third kappa shape index (κ3) is 3.32. The summed E-state index contributed by atoms with van der Waals surface area (Å²) in [5.41, 5.74) is -0.713. The van der Waals surface area contributed by atoms with Crippen LogP contribution >= 0.6 is 0 Å². The van der Waals surface area contributed by atoms with Gasteiger partial charge in [-0.2, -0.15) is 0 Å². The van der Waals surface area contributed by atoms with E-state index in [-0.39, 0.29) is 11.8 Å². The Balaban J connectivity index is 1.90. The van der Waals surface area contributed by atoms with Gasteiger partial charge in [0.2, 0.25) is 5.91 Å². The van der Waals surface area contributed by atoms with Gasteiger partial charge in [-0.1, -0.05) is 0 Å². The van der Waals surface area contributed by atoms with Gasteiger partial charge in [-0.3, -0.25) is 14.5 Å². The first-order chi connectivity index (χ1) is 9.41. The van der Waals surface area contributed by atoms with E-state index in [1.165, 1.54) is 0 Å². The van der Waals surface area contributed by atoms with Crippen molar-refractivity contribution in [3.63, 3.8) is 0 Å². The number of aliphatic carboxylic acids is 1. The van der Waals surface area contributed by atoms with E-state index in [0.29, 0.717) is 6.54 Å². The first-order valence-electron chi connectivity index (χ1n) is 7.65. The lowest BCUT2D eigenvalue weighted by Crippen LogP contribution is -2.48. The minimum absolute atomic E-state index is 0.125. The number of amides is 1. The number of piperidine rings is 1. The molecule has 2 aliphatic heterocycles. The molecule has 0 aromatic rings. The molecular formula is C15H26N2O3. The Bertz CT molecular complexity index is 375. The van der Waals surface area contributed by atoms with Gasteiger partial charge < -0.3 is 10.0 Å². The minimum atomic E-state index is -0.741. The van der Waals surface area contributed by atoms with Gasteiger partial charge in [0.05, 0.1) is 12.0 Å². The van der Waals surface area contributed by atoms with Gasteiger partial charge in [-0.25, -0.2) is 0 Å². The summed E-state index contributed by atoms with van der Waals surface area (Å²) in [5, 5.41) is 9.34. The number of nitrogens with zero attached hydrogens (tertiary/aromatic N) is 2. The maximum atomic E-state index is 12.2. The molecule has 0 aliphatic carbocycles. The van der Waals surface area contributed by atoms with Crippen LogP contribution < -0.4 is 0 Å².